The lowest BCUT2D eigenvalue weighted by molar-refractivity contribution is 0.333. The van der Waals surface area contributed by atoms with Crippen LogP contribution < -0.4 is 4.90 Å². The molecule has 1 N–H and O–H groups in total. The molecule has 0 spiro atoms. The van der Waals surface area contributed by atoms with E-state index < -0.39 is 0 Å². The van der Waals surface area contributed by atoms with E-state index >= 15 is 0 Å². The van der Waals surface area contributed by atoms with E-state index in [1.54, 1.807) is 6.20 Å². The van der Waals surface area contributed by atoms with Crippen molar-refractivity contribution < 1.29 is 0 Å². The molecule has 2 aromatic heterocycles. The van der Waals surface area contributed by atoms with Gasteiger partial charge < -0.3 is 14.8 Å². The van der Waals surface area contributed by atoms with Gasteiger partial charge in [-0.2, -0.15) is 5.26 Å². The van der Waals surface area contributed by atoms with Crippen LogP contribution >= 0.6 is 11.6 Å². The van der Waals surface area contributed by atoms with Gasteiger partial charge in [-0.15, -0.1) is 0 Å². The highest BCUT2D eigenvalue weighted by molar-refractivity contribution is 6.32. The first kappa shape index (κ1) is 20.2. The molecule has 3 rings (SSSR count). The van der Waals surface area contributed by atoms with Crippen molar-refractivity contribution in [1.82, 2.24) is 14.9 Å². The predicted octanol–water partition coefficient (Wildman–Crippen LogP) is 4.48. The molecular formula is C22H26ClN5. The Morgan fingerprint density at radius 1 is 1.14 bits per heavy atom. The maximum Gasteiger partial charge on any atom is 0.147 e. The van der Waals surface area contributed by atoms with Crippen LogP contribution in [-0.4, -0.2) is 48.6 Å². The molecule has 2 heterocycles. The van der Waals surface area contributed by atoms with E-state index in [1.165, 1.54) is 10.9 Å². The van der Waals surface area contributed by atoms with E-state index in [2.05, 4.69) is 39.1 Å². The highest BCUT2D eigenvalue weighted by atomic mass is 35.5. The van der Waals surface area contributed by atoms with Crippen molar-refractivity contribution in [3.63, 3.8) is 0 Å². The summed E-state index contributed by atoms with van der Waals surface area (Å²) in [5.41, 5.74) is 3.10. The third kappa shape index (κ3) is 5.03. The summed E-state index contributed by atoms with van der Waals surface area (Å²) >= 11 is 6.21. The number of anilines is 1. The first-order valence-electron chi connectivity index (χ1n) is 9.59. The first-order chi connectivity index (χ1) is 13.6. The van der Waals surface area contributed by atoms with Crippen LogP contribution in [0.25, 0.3) is 10.9 Å². The number of H-pyrrole nitrogens is 1. The first-order valence-corrected chi connectivity index (χ1v) is 9.96. The minimum absolute atomic E-state index is 0.686. The van der Waals surface area contributed by atoms with Crippen molar-refractivity contribution in [3.05, 3.63) is 58.9 Å². The molecule has 0 unspecified atom stereocenters. The van der Waals surface area contributed by atoms with Gasteiger partial charge in [0.1, 0.15) is 5.82 Å². The van der Waals surface area contributed by atoms with Crippen LogP contribution in [0.3, 0.4) is 0 Å². The number of nitriles is 1. The lowest BCUT2D eigenvalue weighted by Crippen LogP contribution is -2.31. The smallest absolute Gasteiger partial charge is 0.147 e. The average Bonchev–Trinajstić information content (AvgIpc) is 3.11. The van der Waals surface area contributed by atoms with E-state index in [1.807, 2.05) is 37.4 Å². The van der Waals surface area contributed by atoms with Crippen LogP contribution in [0.15, 0.2) is 42.7 Å². The number of rotatable bonds is 9. The largest absolute Gasteiger partial charge is 0.361 e. The molecular weight excluding hydrogens is 370 g/mol. The van der Waals surface area contributed by atoms with Crippen molar-refractivity contribution in [2.75, 3.05) is 38.6 Å². The molecule has 1 aromatic carbocycles. The zero-order chi connectivity index (χ0) is 19.9. The molecule has 0 aliphatic carbocycles. The number of nitrogens with zero attached hydrogens (tertiary/aromatic N) is 4. The Bertz CT molecular complexity index is 959. The zero-order valence-electron chi connectivity index (χ0n) is 16.5. The average molecular weight is 396 g/mol. The topological polar surface area (TPSA) is 59.0 Å². The van der Waals surface area contributed by atoms with Gasteiger partial charge in [-0.05, 0) is 68.8 Å². The maximum atomic E-state index is 9.10. The molecule has 0 atom stereocenters. The van der Waals surface area contributed by atoms with Crippen molar-refractivity contribution in [2.24, 2.45) is 0 Å². The third-order valence-electron chi connectivity index (χ3n) is 5.05. The normalized spacial score (nSPS) is 11.1. The number of aromatic amines is 1. The monoisotopic (exact) mass is 395 g/mol. The fraction of sp³-hybridized carbons (Fsp3) is 0.364. The van der Waals surface area contributed by atoms with Crippen LogP contribution in [0.2, 0.25) is 5.02 Å². The van der Waals surface area contributed by atoms with Gasteiger partial charge in [0.2, 0.25) is 0 Å². The molecule has 28 heavy (non-hydrogen) atoms. The van der Waals surface area contributed by atoms with Gasteiger partial charge in [-0.3, -0.25) is 0 Å². The lowest BCUT2D eigenvalue weighted by atomic mass is 10.1. The Balaban J connectivity index is 1.42. The number of hydrogen-bond acceptors (Lipinski definition) is 4. The van der Waals surface area contributed by atoms with Gasteiger partial charge >= 0.3 is 0 Å². The van der Waals surface area contributed by atoms with Crippen molar-refractivity contribution >= 4 is 28.3 Å². The van der Waals surface area contributed by atoms with Gasteiger partial charge in [0.05, 0.1) is 16.7 Å². The van der Waals surface area contributed by atoms with Crippen molar-refractivity contribution in [1.29, 1.82) is 5.26 Å². The van der Waals surface area contributed by atoms with Crippen molar-refractivity contribution in [3.8, 4) is 6.07 Å². The molecule has 3 aromatic rings. The number of fused-ring (bicyclic) bond motifs is 1. The number of hydrogen-bond donors (Lipinski definition) is 1. The van der Waals surface area contributed by atoms with E-state index in [4.69, 9.17) is 16.9 Å². The van der Waals surface area contributed by atoms with Gasteiger partial charge in [0.15, 0.2) is 0 Å². The summed E-state index contributed by atoms with van der Waals surface area (Å²) in [5.74, 6) is 0.827. The Labute approximate surface area is 171 Å². The SMILES string of the molecule is CN(CCCCc1c[nH]c2ccc(C#N)cc12)CCN(C)c1ncccc1Cl. The van der Waals surface area contributed by atoms with E-state index in [-0.39, 0.29) is 0 Å². The van der Waals surface area contributed by atoms with Gasteiger partial charge in [0, 0.05) is 43.4 Å². The van der Waals surface area contributed by atoms with Crippen LogP contribution in [-0.2, 0) is 6.42 Å². The van der Waals surface area contributed by atoms with E-state index in [0.29, 0.717) is 10.6 Å². The zero-order valence-corrected chi connectivity index (χ0v) is 17.2. The van der Waals surface area contributed by atoms with E-state index in [9.17, 15) is 0 Å². The number of likely N-dealkylation sites (N-methyl/N-ethyl adjacent to an activating group) is 2. The number of pyridine rings is 1. The van der Waals surface area contributed by atoms with Crippen LogP contribution in [0.5, 0.6) is 0 Å². The molecule has 0 radical (unpaired) electrons. The summed E-state index contributed by atoms with van der Waals surface area (Å²) in [7, 11) is 4.17. The molecule has 0 amide bonds. The number of aryl methyl sites for hydroxylation is 1. The molecule has 0 aliphatic heterocycles. The molecule has 0 saturated carbocycles. The minimum atomic E-state index is 0.686. The van der Waals surface area contributed by atoms with Crippen LogP contribution in [0, 0.1) is 11.3 Å². The second-order valence-corrected chi connectivity index (χ2v) is 7.58. The molecule has 0 aliphatic rings. The van der Waals surface area contributed by atoms with E-state index in [0.717, 1.165) is 50.2 Å². The fourth-order valence-electron chi connectivity index (χ4n) is 3.35. The number of halogens is 1. The highest BCUT2D eigenvalue weighted by Crippen LogP contribution is 2.22. The molecule has 0 saturated heterocycles. The predicted molar refractivity (Wildman–Crippen MR) is 116 cm³/mol. The lowest BCUT2D eigenvalue weighted by Gasteiger charge is -2.23. The van der Waals surface area contributed by atoms with Crippen LogP contribution in [0.4, 0.5) is 5.82 Å². The summed E-state index contributed by atoms with van der Waals surface area (Å²) < 4.78 is 0. The minimum Gasteiger partial charge on any atom is -0.361 e. The Morgan fingerprint density at radius 3 is 2.79 bits per heavy atom. The molecule has 0 bridgehead atoms. The second kappa shape index (κ2) is 9.59. The molecule has 146 valence electrons. The second-order valence-electron chi connectivity index (χ2n) is 7.18. The molecule has 5 nitrogen and oxygen atoms in total. The Morgan fingerprint density at radius 2 is 2.00 bits per heavy atom. The Kier molecular flexibility index (Phi) is 6.91. The summed E-state index contributed by atoms with van der Waals surface area (Å²) in [4.78, 5) is 12.1. The number of aromatic nitrogens is 2. The number of benzene rings is 1. The van der Waals surface area contributed by atoms with Crippen molar-refractivity contribution in [2.45, 2.75) is 19.3 Å². The summed E-state index contributed by atoms with van der Waals surface area (Å²) in [6, 6.07) is 11.8. The summed E-state index contributed by atoms with van der Waals surface area (Å²) in [6.45, 7) is 2.89. The fourth-order valence-corrected chi connectivity index (χ4v) is 3.61. The Hall–Kier alpha value is -2.55. The summed E-state index contributed by atoms with van der Waals surface area (Å²) in [6.07, 6.45) is 7.12. The molecule has 0 fully saturated rings. The number of nitrogens with one attached hydrogen (secondary N) is 1. The number of unbranched alkanes of at least 4 members (excludes halogenated alkanes) is 1. The molecule has 6 heteroatoms. The standard InChI is InChI=1S/C22H26ClN5/c1-27(12-13-28(2)22-20(23)7-5-10-25-22)11-4-3-6-18-16-26-21-9-8-17(15-24)14-19(18)21/h5,7-10,14,16,26H,3-4,6,11-13H2,1-2H3. The maximum absolute atomic E-state index is 9.10. The quantitative estimate of drug-likeness (QED) is 0.543. The highest BCUT2D eigenvalue weighted by Gasteiger charge is 2.09. The summed E-state index contributed by atoms with van der Waals surface area (Å²) in [5, 5.41) is 11.0. The van der Waals surface area contributed by atoms with Gasteiger partial charge in [-0.1, -0.05) is 11.6 Å². The third-order valence-corrected chi connectivity index (χ3v) is 5.35. The van der Waals surface area contributed by atoms with Gasteiger partial charge in [-0.25, -0.2) is 4.98 Å². The van der Waals surface area contributed by atoms with Crippen LogP contribution in [0.1, 0.15) is 24.0 Å². The van der Waals surface area contributed by atoms with Gasteiger partial charge in [0.25, 0.3) is 0 Å².